The number of esters is 1. The Morgan fingerprint density at radius 1 is 0.958 bits per heavy atom. The SMILES string of the molecule is C=C[C@@H]1C[C@@H](C(=O)NC(CC2CCC2)C(=O)C(N)=O)N(C(=O)[C@@H](NC(=O)N[C@H](C(=O)O[C@@H](C)c2ccccc2)C(C)(C)C)C(C)(C)C)C1. The highest BCUT2D eigenvalue weighted by Gasteiger charge is 2.46. The van der Waals surface area contributed by atoms with Crippen LogP contribution in [0.15, 0.2) is 43.0 Å². The zero-order valence-corrected chi connectivity index (χ0v) is 29.3. The number of nitrogens with zero attached hydrogens (tertiary/aromatic N) is 1. The van der Waals surface area contributed by atoms with Gasteiger partial charge in [0.2, 0.25) is 17.6 Å². The van der Waals surface area contributed by atoms with E-state index in [1.165, 1.54) is 4.90 Å². The monoisotopic (exact) mass is 667 g/mol. The van der Waals surface area contributed by atoms with E-state index in [1.807, 2.05) is 30.3 Å². The molecule has 1 aromatic rings. The van der Waals surface area contributed by atoms with Gasteiger partial charge in [-0.15, -0.1) is 6.58 Å². The Hall–Kier alpha value is -4.22. The lowest BCUT2D eigenvalue weighted by Crippen LogP contribution is -2.62. The first-order chi connectivity index (χ1) is 22.3. The summed E-state index contributed by atoms with van der Waals surface area (Å²) in [4.78, 5) is 80.5. The molecule has 12 heteroatoms. The summed E-state index contributed by atoms with van der Waals surface area (Å²) in [6.45, 7) is 16.5. The highest BCUT2D eigenvalue weighted by molar-refractivity contribution is 6.37. The van der Waals surface area contributed by atoms with Gasteiger partial charge in [-0.1, -0.05) is 97.2 Å². The zero-order chi connectivity index (χ0) is 36.0. The van der Waals surface area contributed by atoms with Crippen molar-refractivity contribution >= 4 is 35.5 Å². The lowest BCUT2D eigenvalue weighted by molar-refractivity contribution is -0.153. The molecule has 5 N–H and O–H groups in total. The number of nitrogens with one attached hydrogen (secondary N) is 3. The van der Waals surface area contributed by atoms with Crippen LogP contribution in [0.4, 0.5) is 4.79 Å². The van der Waals surface area contributed by atoms with Crippen LogP contribution in [0.5, 0.6) is 0 Å². The Balaban J connectivity index is 1.79. The summed E-state index contributed by atoms with van der Waals surface area (Å²) in [5.74, 6) is -3.73. The third-order valence-corrected chi connectivity index (χ3v) is 9.25. The van der Waals surface area contributed by atoms with E-state index in [-0.39, 0.29) is 24.8 Å². The Morgan fingerprint density at radius 2 is 1.54 bits per heavy atom. The molecule has 48 heavy (non-hydrogen) atoms. The number of hydrogen-bond acceptors (Lipinski definition) is 7. The van der Waals surface area contributed by atoms with Gasteiger partial charge >= 0.3 is 12.0 Å². The summed E-state index contributed by atoms with van der Waals surface area (Å²) in [5.41, 5.74) is 4.55. The van der Waals surface area contributed by atoms with E-state index in [2.05, 4.69) is 22.5 Å². The van der Waals surface area contributed by atoms with Crippen LogP contribution >= 0.6 is 0 Å². The van der Waals surface area contributed by atoms with Crippen molar-refractivity contribution in [2.24, 2.45) is 28.4 Å². The smallest absolute Gasteiger partial charge is 0.329 e. The number of primary amides is 1. The molecule has 6 atom stereocenters. The Morgan fingerprint density at radius 3 is 2.04 bits per heavy atom. The van der Waals surface area contributed by atoms with Crippen LogP contribution in [0.25, 0.3) is 0 Å². The number of ether oxygens (including phenoxy) is 1. The molecule has 1 aliphatic carbocycles. The molecule has 0 aromatic heterocycles. The van der Waals surface area contributed by atoms with Crippen molar-refractivity contribution in [2.45, 2.75) is 111 Å². The largest absolute Gasteiger partial charge is 0.456 e. The standard InChI is InChI=1S/C36H53N5O7/c1-9-22-19-26(31(44)38-25(27(42)30(37)43)18-23-14-13-15-23)41(20-22)32(45)28(35(3,4)5)39-34(47)40-29(36(6,7)8)33(46)48-21(2)24-16-11-10-12-17-24/h9-12,16-17,21-23,25-26,28-29H,1,13-15,18-20H2,2-8H3,(H2,37,43)(H,38,44)(H2,39,40,47)/t21-,22+,25?,26-,28+,29+/m0/s1. The predicted molar refractivity (Wildman–Crippen MR) is 181 cm³/mol. The van der Waals surface area contributed by atoms with Crippen molar-refractivity contribution in [1.82, 2.24) is 20.9 Å². The van der Waals surface area contributed by atoms with E-state index >= 15 is 0 Å². The quantitative estimate of drug-likeness (QED) is 0.141. The fraction of sp³-hybridized carbons (Fsp3) is 0.611. The van der Waals surface area contributed by atoms with Gasteiger partial charge in [-0.3, -0.25) is 19.2 Å². The number of carbonyl (C=O) groups excluding carboxylic acids is 6. The van der Waals surface area contributed by atoms with Crippen molar-refractivity contribution in [3.63, 3.8) is 0 Å². The van der Waals surface area contributed by atoms with Crippen molar-refractivity contribution in [1.29, 1.82) is 0 Å². The lowest BCUT2D eigenvalue weighted by Gasteiger charge is -2.37. The van der Waals surface area contributed by atoms with E-state index in [4.69, 9.17) is 10.5 Å². The number of rotatable bonds is 13. The summed E-state index contributed by atoms with van der Waals surface area (Å²) in [6.07, 6.45) is 4.46. The minimum absolute atomic E-state index is 0.168. The van der Waals surface area contributed by atoms with E-state index in [1.54, 1.807) is 54.5 Å². The third kappa shape index (κ3) is 9.90. The van der Waals surface area contributed by atoms with Gasteiger partial charge in [0.1, 0.15) is 24.2 Å². The van der Waals surface area contributed by atoms with Crippen molar-refractivity contribution in [3.05, 3.63) is 48.6 Å². The molecule has 0 bridgehead atoms. The number of ketones is 1. The number of amides is 5. The molecule has 264 valence electrons. The van der Waals surface area contributed by atoms with Gasteiger partial charge in [0.25, 0.3) is 5.91 Å². The summed E-state index contributed by atoms with van der Waals surface area (Å²) < 4.78 is 5.73. The third-order valence-electron chi connectivity index (χ3n) is 9.25. The first-order valence-corrected chi connectivity index (χ1v) is 16.7. The summed E-state index contributed by atoms with van der Waals surface area (Å²) in [7, 11) is 0. The van der Waals surface area contributed by atoms with Crippen LogP contribution in [-0.4, -0.2) is 71.1 Å². The Labute approximate surface area is 284 Å². The molecular formula is C36H53N5O7. The highest BCUT2D eigenvalue weighted by Crippen LogP contribution is 2.32. The van der Waals surface area contributed by atoms with Crippen molar-refractivity contribution in [2.75, 3.05) is 6.54 Å². The normalized spacial score (nSPS) is 20.7. The number of hydrogen-bond donors (Lipinski definition) is 4. The molecule has 5 amide bonds. The van der Waals surface area contributed by atoms with Gasteiger partial charge < -0.3 is 31.3 Å². The van der Waals surface area contributed by atoms with Gasteiger partial charge in [0.05, 0.1) is 6.04 Å². The maximum atomic E-state index is 14.2. The molecular weight excluding hydrogens is 614 g/mol. The van der Waals surface area contributed by atoms with E-state index in [9.17, 15) is 28.8 Å². The molecule has 12 nitrogen and oxygen atoms in total. The average molecular weight is 668 g/mol. The van der Waals surface area contributed by atoms with Crippen molar-refractivity contribution in [3.8, 4) is 0 Å². The molecule has 1 heterocycles. The van der Waals surface area contributed by atoms with Crippen LogP contribution in [0.2, 0.25) is 0 Å². The average Bonchev–Trinajstić information content (AvgIpc) is 3.43. The molecule has 1 unspecified atom stereocenters. The molecule has 2 aliphatic rings. The van der Waals surface area contributed by atoms with Gasteiger partial charge in [-0.05, 0) is 48.0 Å². The minimum Gasteiger partial charge on any atom is -0.456 e. The predicted octanol–water partition coefficient (Wildman–Crippen LogP) is 3.55. The molecule has 0 spiro atoms. The maximum absolute atomic E-state index is 14.2. The number of likely N-dealkylation sites (tertiary alicyclic amines) is 1. The van der Waals surface area contributed by atoms with Gasteiger partial charge in [-0.25, -0.2) is 9.59 Å². The van der Waals surface area contributed by atoms with E-state index in [0.717, 1.165) is 24.8 Å². The lowest BCUT2D eigenvalue weighted by atomic mass is 9.80. The molecule has 1 aromatic carbocycles. The van der Waals surface area contributed by atoms with Crippen LogP contribution in [0.1, 0.15) is 92.2 Å². The highest BCUT2D eigenvalue weighted by atomic mass is 16.5. The van der Waals surface area contributed by atoms with Gasteiger partial charge in [0.15, 0.2) is 0 Å². The Kier molecular flexibility index (Phi) is 12.6. The van der Waals surface area contributed by atoms with Gasteiger partial charge in [0, 0.05) is 6.54 Å². The Bertz CT molecular complexity index is 1360. The van der Waals surface area contributed by atoms with E-state index in [0.29, 0.717) is 6.42 Å². The van der Waals surface area contributed by atoms with Crippen LogP contribution in [0.3, 0.4) is 0 Å². The summed E-state index contributed by atoms with van der Waals surface area (Å²) in [5, 5.41) is 8.18. The summed E-state index contributed by atoms with van der Waals surface area (Å²) in [6, 6.07) is 4.28. The molecule has 0 radical (unpaired) electrons. The first kappa shape index (κ1) is 38.2. The molecule has 1 saturated heterocycles. The fourth-order valence-corrected chi connectivity index (χ4v) is 6.05. The second-order valence-corrected chi connectivity index (χ2v) is 15.3. The van der Waals surface area contributed by atoms with Crippen LogP contribution < -0.4 is 21.7 Å². The second-order valence-electron chi connectivity index (χ2n) is 15.3. The van der Waals surface area contributed by atoms with Crippen LogP contribution in [-0.2, 0) is 28.7 Å². The van der Waals surface area contributed by atoms with Crippen LogP contribution in [0, 0.1) is 22.7 Å². The fourth-order valence-electron chi connectivity index (χ4n) is 6.05. The molecule has 1 aliphatic heterocycles. The number of carbonyl (C=O) groups is 6. The molecule has 1 saturated carbocycles. The number of benzene rings is 1. The topological polar surface area (TPSA) is 177 Å². The van der Waals surface area contributed by atoms with Crippen molar-refractivity contribution < 1.29 is 33.5 Å². The van der Waals surface area contributed by atoms with E-state index < -0.39 is 76.6 Å². The zero-order valence-electron chi connectivity index (χ0n) is 29.3. The first-order valence-electron chi connectivity index (χ1n) is 16.7. The number of Topliss-reactive ketones (excluding diaryl/α,β-unsaturated/α-hetero) is 1. The van der Waals surface area contributed by atoms with Gasteiger partial charge in [-0.2, -0.15) is 0 Å². The number of nitrogens with two attached hydrogens (primary N) is 1. The minimum atomic E-state index is -1.13. The number of urea groups is 1. The second kappa shape index (κ2) is 15.8. The summed E-state index contributed by atoms with van der Waals surface area (Å²) >= 11 is 0. The molecule has 2 fully saturated rings. The molecule has 3 rings (SSSR count). The maximum Gasteiger partial charge on any atom is 0.329 e.